The number of rotatable bonds is 4. The van der Waals surface area contributed by atoms with Gasteiger partial charge >= 0.3 is 7.82 Å². The quantitative estimate of drug-likeness (QED) is 0.482. The molecule has 0 amide bonds. The van der Waals surface area contributed by atoms with Gasteiger partial charge in [0.1, 0.15) is 6.61 Å². The highest BCUT2D eigenvalue weighted by atomic mass is 31.2. The molecule has 1 fully saturated rings. The van der Waals surface area contributed by atoms with Gasteiger partial charge in [0.25, 0.3) is 0 Å². The van der Waals surface area contributed by atoms with Crippen LogP contribution >= 0.6 is 7.82 Å². The molecule has 0 aromatic heterocycles. The molecule has 1 heterocycles. The standard InChI is InChI=1S/C5H11O5P/c1-5(4-9-5)10-11(6,7-2)8-3/h4H2,1-3H3. The van der Waals surface area contributed by atoms with Crippen molar-refractivity contribution in [2.75, 3.05) is 20.8 Å². The van der Waals surface area contributed by atoms with Gasteiger partial charge in [0, 0.05) is 14.2 Å². The second-order valence-electron chi connectivity index (χ2n) is 2.33. The first-order valence-corrected chi connectivity index (χ1v) is 4.56. The summed E-state index contributed by atoms with van der Waals surface area (Å²) in [5.74, 6) is -0.776. The number of epoxide rings is 1. The van der Waals surface area contributed by atoms with Gasteiger partial charge in [-0.2, -0.15) is 0 Å². The van der Waals surface area contributed by atoms with Crippen LogP contribution < -0.4 is 0 Å². The highest BCUT2D eigenvalue weighted by Gasteiger charge is 2.47. The lowest BCUT2D eigenvalue weighted by molar-refractivity contribution is 0.0327. The fraction of sp³-hybridized carbons (Fsp3) is 1.00. The van der Waals surface area contributed by atoms with Crippen molar-refractivity contribution in [1.29, 1.82) is 0 Å². The molecule has 6 heteroatoms. The Bertz CT molecular complexity index is 179. The van der Waals surface area contributed by atoms with E-state index in [0.717, 1.165) is 0 Å². The van der Waals surface area contributed by atoms with Gasteiger partial charge in [-0.25, -0.2) is 4.57 Å². The molecular weight excluding hydrogens is 171 g/mol. The minimum atomic E-state index is -3.37. The third-order valence-corrected chi connectivity index (χ3v) is 2.81. The monoisotopic (exact) mass is 182 g/mol. The van der Waals surface area contributed by atoms with Crippen molar-refractivity contribution >= 4 is 7.82 Å². The molecule has 0 radical (unpaired) electrons. The molecule has 1 rings (SSSR count). The van der Waals surface area contributed by atoms with Crippen LogP contribution in [0.3, 0.4) is 0 Å². The van der Waals surface area contributed by atoms with Crippen molar-refractivity contribution in [1.82, 2.24) is 0 Å². The van der Waals surface area contributed by atoms with E-state index in [2.05, 4.69) is 9.05 Å². The van der Waals surface area contributed by atoms with E-state index in [-0.39, 0.29) is 0 Å². The Morgan fingerprint density at radius 3 is 2.18 bits per heavy atom. The Labute approximate surface area is 65.2 Å². The second kappa shape index (κ2) is 2.84. The first-order chi connectivity index (χ1) is 5.04. The van der Waals surface area contributed by atoms with E-state index in [1.54, 1.807) is 6.92 Å². The van der Waals surface area contributed by atoms with Crippen LogP contribution in [-0.2, 0) is 22.9 Å². The van der Waals surface area contributed by atoms with E-state index in [0.29, 0.717) is 6.61 Å². The first kappa shape index (κ1) is 9.16. The van der Waals surface area contributed by atoms with Gasteiger partial charge in [-0.05, 0) is 6.92 Å². The molecule has 5 nitrogen and oxygen atoms in total. The lowest BCUT2D eigenvalue weighted by Gasteiger charge is -2.15. The van der Waals surface area contributed by atoms with Gasteiger partial charge in [0.05, 0.1) is 0 Å². The molecule has 66 valence electrons. The summed E-state index contributed by atoms with van der Waals surface area (Å²) in [6, 6.07) is 0. The average Bonchev–Trinajstić information content (AvgIpc) is 2.68. The van der Waals surface area contributed by atoms with E-state index in [4.69, 9.17) is 9.26 Å². The predicted molar refractivity (Wildman–Crippen MR) is 37.1 cm³/mol. The highest BCUT2D eigenvalue weighted by molar-refractivity contribution is 7.48. The lowest BCUT2D eigenvalue weighted by Crippen LogP contribution is -2.10. The molecule has 1 saturated heterocycles. The number of phosphoric acid groups is 1. The molecule has 1 aliphatic heterocycles. The van der Waals surface area contributed by atoms with Crippen LogP contribution in [0.25, 0.3) is 0 Å². The van der Waals surface area contributed by atoms with Gasteiger partial charge in [-0.3, -0.25) is 13.6 Å². The summed E-state index contributed by atoms with van der Waals surface area (Å²) in [6.45, 7) is 2.08. The molecule has 0 spiro atoms. The van der Waals surface area contributed by atoms with Crippen LogP contribution in [0.1, 0.15) is 6.92 Å². The Morgan fingerprint density at radius 2 is 1.91 bits per heavy atom. The maximum absolute atomic E-state index is 11.3. The minimum Gasteiger partial charge on any atom is -0.342 e. The first-order valence-electron chi connectivity index (χ1n) is 3.10. The normalized spacial score (nSPS) is 30.5. The third-order valence-electron chi connectivity index (χ3n) is 1.30. The van der Waals surface area contributed by atoms with Gasteiger partial charge < -0.3 is 4.74 Å². The number of hydrogen-bond acceptors (Lipinski definition) is 5. The topological polar surface area (TPSA) is 57.3 Å². The Balaban J connectivity index is 2.50. The summed E-state index contributed by atoms with van der Waals surface area (Å²) in [6.07, 6.45) is 0. The lowest BCUT2D eigenvalue weighted by atomic mass is 10.5. The Hall–Kier alpha value is 0.0700. The minimum absolute atomic E-state index is 0.420. The summed E-state index contributed by atoms with van der Waals surface area (Å²) in [5, 5.41) is 0. The summed E-state index contributed by atoms with van der Waals surface area (Å²) in [4.78, 5) is 0. The molecule has 0 aromatic carbocycles. The Morgan fingerprint density at radius 1 is 1.45 bits per heavy atom. The highest BCUT2D eigenvalue weighted by Crippen LogP contribution is 2.54. The molecule has 11 heavy (non-hydrogen) atoms. The molecule has 0 aromatic rings. The smallest absolute Gasteiger partial charge is 0.342 e. The zero-order valence-electron chi connectivity index (χ0n) is 6.70. The third kappa shape index (κ3) is 2.25. The summed E-state index contributed by atoms with van der Waals surface area (Å²) in [7, 11) is -0.845. The predicted octanol–water partition coefficient (Wildman–Crippen LogP) is 1.15. The largest absolute Gasteiger partial charge is 0.476 e. The van der Waals surface area contributed by atoms with Gasteiger partial charge in [0.15, 0.2) is 0 Å². The van der Waals surface area contributed by atoms with E-state index in [9.17, 15) is 4.57 Å². The molecule has 0 bridgehead atoms. The maximum Gasteiger partial charge on any atom is 0.476 e. The van der Waals surface area contributed by atoms with E-state index < -0.39 is 13.6 Å². The Kier molecular flexibility index (Phi) is 2.37. The molecule has 0 N–H and O–H groups in total. The van der Waals surface area contributed by atoms with E-state index in [1.165, 1.54) is 14.2 Å². The van der Waals surface area contributed by atoms with Crippen molar-refractivity contribution in [3.8, 4) is 0 Å². The summed E-state index contributed by atoms with van der Waals surface area (Å²) < 4.78 is 30.1. The fourth-order valence-electron chi connectivity index (χ4n) is 0.540. The van der Waals surface area contributed by atoms with Crippen LogP contribution in [0.15, 0.2) is 0 Å². The van der Waals surface area contributed by atoms with Crippen molar-refractivity contribution in [2.45, 2.75) is 12.7 Å². The zero-order valence-corrected chi connectivity index (χ0v) is 7.59. The maximum atomic E-state index is 11.3. The summed E-state index contributed by atoms with van der Waals surface area (Å²) in [5.41, 5.74) is 0. The van der Waals surface area contributed by atoms with Gasteiger partial charge in [-0.1, -0.05) is 0 Å². The average molecular weight is 182 g/mol. The SMILES string of the molecule is COP(=O)(OC)OC1(C)CO1. The van der Waals surface area contributed by atoms with Crippen LogP contribution in [0.4, 0.5) is 0 Å². The van der Waals surface area contributed by atoms with Crippen molar-refractivity contribution in [2.24, 2.45) is 0 Å². The van der Waals surface area contributed by atoms with Gasteiger partial charge in [-0.15, -0.1) is 0 Å². The molecule has 1 aliphatic rings. The number of hydrogen-bond donors (Lipinski definition) is 0. The van der Waals surface area contributed by atoms with Crippen molar-refractivity contribution in [3.05, 3.63) is 0 Å². The van der Waals surface area contributed by atoms with E-state index in [1.807, 2.05) is 0 Å². The number of ether oxygens (including phenoxy) is 1. The number of phosphoric ester groups is 1. The molecule has 0 saturated carbocycles. The van der Waals surface area contributed by atoms with Crippen LogP contribution in [0.2, 0.25) is 0 Å². The second-order valence-corrected chi connectivity index (χ2v) is 4.13. The molecule has 0 aliphatic carbocycles. The zero-order chi connectivity index (χ0) is 8.54. The molecule has 1 unspecified atom stereocenters. The van der Waals surface area contributed by atoms with E-state index >= 15 is 0 Å². The van der Waals surface area contributed by atoms with Crippen molar-refractivity contribution < 1.29 is 22.9 Å². The summed E-state index contributed by atoms with van der Waals surface area (Å²) >= 11 is 0. The molecular formula is C5H11O5P. The molecule has 1 atom stereocenters. The van der Waals surface area contributed by atoms with Crippen LogP contribution in [0, 0.1) is 0 Å². The van der Waals surface area contributed by atoms with Crippen LogP contribution in [-0.4, -0.2) is 26.6 Å². The fourth-order valence-corrected chi connectivity index (χ4v) is 1.42. The van der Waals surface area contributed by atoms with Gasteiger partial charge in [0.2, 0.25) is 5.79 Å². The van der Waals surface area contributed by atoms with Crippen LogP contribution in [0.5, 0.6) is 0 Å². The van der Waals surface area contributed by atoms with Crippen molar-refractivity contribution in [3.63, 3.8) is 0 Å².